The minimum atomic E-state index is -0.0410. The SMILES string of the molecule is Cc1ccc(C(C)CN=C(N)NC(C)(C)C)cc1. The van der Waals surface area contributed by atoms with Gasteiger partial charge in [0.05, 0.1) is 0 Å². The lowest BCUT2D eigenvalue weighted by molar-refractivity contribution is 0.507. The van der Waals surface area contributed by atoms with Crippen molar-refractivity contribution >= 4 is 5.96 Å². The van der Waals surface area contributed by atoms with E-state index >= 15 is 0 Å². The van der Waals surface area contributed by atoms with Crippen LogP contribution >= 0.6 is 0 Å². The van der Waals surface area contributed by atoms with Crippen LogP contribution in [0.5, 0.6) is 0 Å². The van der Waals surface area contributed by atoms with Crippen LogP contribution < -0.4 is 11.1 Å². The highest BCUT2D eigenvalue weighted by Crippen LogP contribution is 2.15. The summed E-state index contributed by atoms with van der Waals surface area (Å²) in [4.78, 5) is 4.39. The molecule has 3 nitrogen and oxygen atoms in total. The maximum absolute atomic E-state index is 5.85. The molecule has 0 fully saturated rings. The molecule has 1 rings (SSSR count). The minimum absolute atomic E-state index is 0.0410. The Hall–Kier alpha value is -1.51. The van der Waals surface area contributed by atoms with Gasteiger partial charge in [0.2, 0.25) is 0 Å². The van der Waals surface area contributed by atoms with Crippen molar-refractivity contribution in [3.8, 4) is 0 Å². The minimum Gasteiger partial charge on any atom is -0.370 e. The molecule has 0 aliphatic carbocycles. The first-order valence-electron chi connectivity index (χ1n) is 6.42. The summed E-state index contributed by atoms with van der Waals surface area (Å²) >= 11 is 0. The molecule has 0 aliphatic heterocycles. The van der Waals surface area contributed by atoms with E-state index in [0.29, 0.717) is 18.4 Å². The smallest absolute Gasteiger partial charge is 0.189 e. The third-order valence-corrected chi connectivity index (χ3v) is 2.68. The Kier molecular flexibility index (Phi) is 4.76. The zero-order chi connectivity index (χ0) is 13.8. The third kappa shape index (κ3) is 5.21. The maximum Gasteiger partial charge on any atom is 0.189 e. The number of benzene rings is 1. The van der Waals surface area contributed by atoms with E-state index in [-0.39, 0.29) is 5.54 Å². The highest BCUT2D eigenvalue weighted by Gasteiger charge is 2.10. The fourth-order valence-electron chi connectivity index (χ4n) is 1.66. The molecule has 0 amide bonds. The molecule has 3 heteroatoms. The summed E-state index contributed by atoms with van der Waals surface area (Å²) in [6.45, 7) is 11.2. The first kappa shape index (κ1) is 14.6. The molecule has 1 aromatic rings. The van der Waals surface area contributed by atoms with Gasteiger partial charge in [0.25, 0.3) is 0 Å². The second-order valence-corrected chi connectivity index (χ2v) is 5.91. The van der Waals surface area contributed by atoms with Crippen LogP contribution in [0.3, 0.4) is 0 Å². The Bertz CT molecular complexity index is 399. The molecular weight excluding hydrogens is 222 g/mol. The number of nitrogens with zero attached hydrogens (tertiary/aromatic N) is 1. The lowest BCUT2D eigenvalue weighted by Gasteiger charge is -2.21. The van der Waals surface area contributed by atoms with Crippen molar-refractivity contribution in [2.75, 3.05) is 6.54 Å². The molecule has 1 aromatic carbocycles. The van der Waals surface area contributed by atoms with Crippen molar-refractivity contribution in [2.24, 2.45) is 10.7 Å². The van der Waals surface area contributed by atoms with Crippen LogP contribution in [0.4, 0.5) is 0 Å². The van der Waals surface area contributed by atoms with Gasteiger partial charge < -0.3 is 11.1 Å². The second kappa shape index (κ2) is 5.89. The Balaban J connectivity index is 2.57. The molecule has 0 bridgehead atoms. The molecule has 0 heterocycles. The van der Waals surface area contributed by atoms with Crippen molar-refractivity contribution in [3.05, 3.63) is 35.4 Å². The zero-order valence-corrected chi connectivity index (χ0v) is 12.1. The van der Waals surface area contributed by atoms with Crippen molar-refractivity contribution in [3.63, 3.8) is 0 Å². The normalized spacial score (nSPS) is 14.4. The molecule has 0 aliphatic rings. The number of nitrogens with one attached hydrogen (secondary N) is 1. The Labute approximate surface area is 111 Å². The van der Waals surface area contributed by atoms with E-state index in [1.807, 2.05) is 0 Å². The molecule has 0 radical (unpaired) electrons. The molecule has 3 N–H and O–H groups in total. The number of nitrogens with two attached hydrogens (primary N) is 1. The quantitative estimate of drug-likeness (QED) is 0.637. The van der Waals surface area contributed by atoms with Crippen LogP contribution in [-0.4, -0.2) is 18.0 Å². The van der Waals surface area contributed by atoms with Gasteiger partial charge in [0.15, 0.2) is 5.96 Å². The monoisotopic (exact) mass is 247 g/mol. The van der Waals surface area contributed by atoms with Crippen LogP contribution in [0.15, 0.2) is 29.3 Å². The molecule has 0 aromatic heterocycles. The first-order valence-corrected chi connectivity index (χ1v) is 6.42. The molecule has 18 heavy (non-hydrogen) atoms. The largest absolute Gasteiger partial charge is 0.370 e. The van der Waals surface area contributed by atoms with E-state index in [0.717, 1.165) is 0 Å². The molecule has 1 unspecified atom stereocenters. The molecule has 1 atom stereocenters. The summed E-state index contributed by atoms with van der Waals surface area (Å²) in [5, 5.41) is 3.16. The number of hydrogen-bond acceptors (Lipinski definition) is 1. The van der Waals surface area contributed by atoms with Gasteiger partial charge in [0, 0.05) is 18.0 Å². The van der Waals surface area contributed by atoms with E-state index in [4.69, 9.17) is 5.73 Å². The predicted octanol–water partition coefficient (Wildman–Crippen LogP) is 2.80. The number of aliphatic imine (C=N–C) groups is 1. The molecule has 0 spiro atoms. The van der Waals surface area contributed by atoms with Gasteiger partial charge >= 0.3 is 0 Å². The van der Waals surface area contributed by atoms with Crippen molar-refractivity contribution in [1.29, 1.82) is 0 Å². The van der Waals surface area contributed by atoms with E-state index in [1.54, 1.807) is 0 Å². The number of guanidine groups is 1. The Morgan fingerprint density at radius 2 is 1.83 bits per heavy atom. The summed E-state index contributed by atoms with van der Waals surface area (Å²) in [5.74, 6) is 0.896. The van der Waals surface area contributed by atoms with Crippen LogP contribution in [0.25, 0.3) is 0 Å². The molecular formula is C15H25N3. The van der Waals surface area contributed by atoms with E-state index in [1.165, 1.54) is 11.1 Å². The highest BCUT2D eigenvalue weighted by molar-refractivity contribution is 5.78. The van der Waals surface area contributed by atoms with E-state index in [9.17, 15) is 0 Å². The lowest BCUT2D eigenvalue weighted by Crippen LogP contribution is -2.45. The topological polar surface area (TPSA) is 50.4 Å². The van der Waals surface area contributed by atoms with Crippen LogP contribution in [0, 0.1) is 6.92 Å². The molecule has 100 valence electrons. The fourth-order valence-corrected chi connectivity index (χ4v) is 1.66. The highest BCUT2D eigenvalue weighted by atomic mass is 15.1. The van der Waals surface area contributed by atoms with E-state index in [2.05, 4.69) is 69.2 Å². The van der Waals surface area contributed by atoms with Gasteiger partial charge in [-0.3, -0.25) is 4.99 Å². The van der Waals surface area contributed by atoms with Gasteiger partial charge in [-0.15, -0.1) is 0 Å². The third-order valence-electron chi connectivity index (χ3n) is 2.68. The summed E-state index contributed by atoms with van der Waals surface area (Å²) in [5.41, 5.74) is 8.39. The zero-order valence-electron chi connectivity index (χ0n) is 12.1. The van der Waals surface area contributed by atoms with Gasteiger partial charge in [0.1, 0.15) is 0 Å². The molecule has 0 saturated heterocycles. The van der Waals surface area contributed by atoms with Gasteiger partial charge in [-0.1, -0.05) is 36.8 Å². The van der Waals surface area contributed by atoms with Gasteiger partial charge in [-0.2, -0.15) is 0 Å². The van der Waals surface area contributed by atoms with Crippen LogP contribution in [0.2, 0.25) is 0 Å². The molecule has 0 saturated carbocycles. The van der Waals surface area contributed by atoms with Gasteiger partial charge in [-0.05, 0) is 33.3 Å². The lowest BCUT2D eigenvalue weighted by atomic mass is 10.0. The standard InChI is InChI=1S/C15H25N3/c1-11-6-8-13(9-7-11)12(2)10-17-14(16)18-15(3,4)5/h6-9,12H,10H2,1-5H3,(H3,16,17,18). The maximum atomic E-state index is 5.85. The van der Waals surface area contributed by atoms with Crippen LogP contribution in [0.1, 0.15) is 44.7 Å². The van der Waals surface area contributed by atoms with E-state index < -0.39 is 0 Å². The number of aryl methyl sites for hydroxylation is 1. The summed E-state index contributed by atoms with van der Waals surface area (Å²) < 4.78 is 0. The van der Waals surface area contributed by atoms with Crippen molar-refractivity contribution in [1.82, 2.24) is 5.32 Å². The Morgan fingerprint density at radius 1 is 1.28 bits per heavy atom. The summed E-state index contributed by atoms with van der Waals surface area (Å²) in [6.07, 6.45) is 0. The second-order valence-electron chi connectivity index (χ2n) is 5.91. The van der Waals surface area contributed by atoms with Crippen LogP contribution in [-0.2, 0) is 0 Å². The van der Waals surface area contributed by atoms with Gasteiger partial charge in [-0.25, -0.2) is 0 Å². The van der Waals surface area contributed by atoms with Crippen molar-refractivity contribution in [2.45, 2.75) is 46.1 Å². The predicted molar refractivity (Wildman–Crippen MR) is 79.0 cm³/mol. The van der Waals surface area contributed by atoms with Crippen molar-refractivity contribution < 1.29 is 0 Å². The number of rotatable bonds is 3. The summed E-state index contributed by atoms with van der Waals surface area (Å²) in [7, 11) is 0. The average molecular weight is 247 g/mol. The number of hydrogen-bond donors (Lipinski definition) is 2. The fraction of sp³-hybridized carbons (Fsp3) is 0.533. The Morgan fingerprint density at radius 3 is 2.33 bits per heavy atom. The first-order chi connectivity index (χ1) is 8.28. The average Bonchev–Trinajstić information content (AvgIpc) is 2.24. The summed E-state index contributed by atoms with van der Waals surface area (Å²) in [6, 6.07) is 8.57.